The van der Waals surface area contributed by atoms with Gasteiger partial charge in [0.15, 0.2) is 5.82 Å². The maximum Gasteiger partial charge on any atom is 0.259 e. The Labute approximate surface area is 160 Å². The Bertz CT molecular complexity index is 1100. The molecule has 1 aromatic heterocycles. The SMILES string of the molecule is C=C/C=C(\C(=C)O)C(=O)Nc1ccc(-c2nc3ccc(NO)cc3n2O)cc1. The van der Waals surface area contributed by atoms with E-state index in [0.29, 0.717) is 33.8 Å². The summed E-state index contributed by atoms with van der Waals surface area (Å²) in [5.41, 5.74) is 4.51. The first-order valence-electron chi connectivity index (χ1n) is 8.19. The van der Waals surface area contributed by atoms with Gasteiger partial charge < -0.3 is 15.6 Å². The van der Waals surface area contributed by atoms with Gasteiger partial charge in [-0.2, -0.15) is 4.73 Å². The summed E-state index contributed by atoms with van der Waals surface area (Å²) in [7, 11) is 0. The van der Waals surface area contributed by atoms with Crippen LogP contribution in [0.1, 0.15) is 0 Å². The lowest BCUT2D eigenvalue weighted by atomic mass is 10.1. The quantitative estimate of drug-likeness (QED) is 0.146. The number of rotatable bonds is 6. The standard InChI is InChI=1S/C20H18N4O4/c1-3-4-16(12(2)25)20(26)21-14-7-5-13(6-8-14)19-22-17-10-9-15(23-27)11-18(17)24(19)28/h3-11,23,25,27-28H,1-2H2,(H,21,26)/b16-4+. The van der Waals surface area contributed by atoms with Gasteiger partial charge in [0.25, 0.3) is 5.91 Å². The number of aliphatic hydroxyl groups is 1. The van der Waals surface area contributed by atoms with E-state index in [0.717, 1.165) is 4.73 Å². The van der Waals surface area contributed by atoms with Gasteiger partial charge in [-0.3, -0.25) is 15.5 Å². The minimum absolute atomic E-state index is 0.00419. The predicted octanol–water partition coefficient (Wildman–Crippen LogP) is 3.86. The minimum atomic E-state index is -0.529. The van der Waals surface area contributed by atoms with E-state index in [4.69, 9.17) is 5.21 Å². The lowest BCUT2D eigenvalue weighted by molar-refractivity contribution is -0.112. The number of fused-ring (bicyclic) bond motifs is 1. The van der Waals surface area contributed by atoms with E-state index in [1.54, 1.807) is 42.5 Å². The second-order valence-corrected chi connectivity index (χ2v) is 5.86. The smallest absolute Gasteiger partial charge is 0.259 e. The Kier molecular flexibility index (Phi) is 5.14. The van der Waals surface area contributed by atoms with Gasteiger partial charge in [0.1, 0.15) is 11.3 Å². The maximum absolute atomic E-state index is 12.2. The number of anilines is 2. The highest BCUT2D eigenvalue weighted by atomic mass is 16.5. The van der Waals surface area contributed by atoms with Crippen LogP contribution in [0.2, 0.25) is 0 Å². The molecule has 142 valence electrons. The Balaban J connectivity index is 1.87. The number of hydrogen-bond donors (Lipinski definition) is 5. The highest BCUT2D eigenvalue weighted by molar-refractivity contribution is 6.06. The van der Waals surface area contributed by atoms with Gasteiger partial charge in [0.2, 0.25) is 0 Å². The molecule has 0 fully saturated rings. The number of imidazole rings is 1. The van der Waals surface area contributed by atoms with Crippen LogP contribution >= 0.6 is 0 Å². The van der Waals surface area contributed by atoms with Crippen LogP contribution in [0, 0.1) is 0 Å². The molecule has 0 unspecified atom stereocenters. The molecule has 0 aliphatic heterocycles. The fourth-order valence-corrected chi connectivity index (χ4v) is 2.64. The van der Waals surface area contributed by atoms with Crippen LogP contribution in [-0.2, 0) is 4.79 Å². The molecule has 3 rings (SSSR count). The fourth-order valence-electron chi connectivity index (χ4n) is 2.64. The zero-order valence-electron chi connectivity index (χ0n) is 14.8. The number of allylic oxidation sites excluding steroid dienone is 2. The molecule has 3 aromatic rings. The summed E-state index contributed by atoms with van der Waals surface area (Å²) in [5, 5.41) is 31.5. The van der Waals surface area contributed by atoms with E-state index < -0.39 is 5.91 Å². The van der Waals surface area contributed by atoms with Crippen LogP contribution in [0.5, 0.6) is 0 Å². The Hall–Kier alpha value is -4.04. The second kappa shape index (κ2) is 7.68. The number of carbonyl (C=O) groups is 1. The van der Waals surface area contributed by atoms with E-state index in [1.807, 2.05) is 5.48 Å². The molecule has 0 atom stereocenters. The summed E-state index contributed by atoms with van der Waals surface area (Å²) in [4.78, 5) is 16.6. The van der Waals surface area contributed by atoms with Crippen molar-refractivity contribution < 1.29 is 20.3 Å². The molecule has 2 aromatic carbocycles. The van der Waals surface area contributed by atoms with Crippen molar-refractivity contribution in [3.63, 3.8) is 0 Å². The monoisotopic (exact) mass is 378 g/mol. The molecular formula is C20H18N4O4. The molecule has 0 aliphatic rings. The lowest BCUT2D eigenvalue weighted by Gasteiger charge is -2.08. The van der Waals surface area contributed by atoms with E-state index in [-0.39, 0.29) is 11.3 Å². The van der Waals surface area contributed by atoms with Crippen LogP contribution in [0.4, 0.5) is 11.4 Å². The van der Waals surface area contributed by atoms with Crippen molar-refractivity contribution in [2.24, 2.45) is 0 Å². The van der Waals surface area contributed by atoms with Crippen molar-refractivity contribution >= 4 is 28.3 Å². The van der Waals surface area contributed by atoms with Crippen molar-refractivity contribution in [3.8, 4) is 11.4 Å². The van der Waals surface area contributed by atoms with Gasteiger partial charge in [-0.1, -0.05) is 19.2 Å². The highest BCUT2D eigenvalue weighted by Crippen LogP contribution is 2.26. The number of amides is 1. The van der Waals surface area contributed by atoms with Gasteiger partial charge in [0.05, 0.1) is 16.8 Å². The number of benzene rings is 2. The molecule has 0 saturated heterocycles. The molecule has 1 amide bonds. The number of nitrogens with zero attached hydrogens (tertiary/aromatic N) is 2. The summed E-state index contributed by atoms with van der Waals surface area (Å²) >= 11 is 0. The van der Waals surface area contributed by atoms with E-state index in [2.05, 4.69) is 23.5 Å². The van der Waals surface area contributed by atoms with E-state index in [1.165, 1.54) is 12.2 Å². The molecule has 28 heavy (non-hydrogen) atoms. The van der Waals surface area contributed by atoms with Crippen molar-refractivity contribution in [2.45, 2.75) is 0 Å². The van der Waals surface area contributed by atoms with Gasteiger partial charge in [0, 0.05) is 11.3 Å². The predicted molar refractivity (Wildman–Crippen MR) is 106 cm³/mol. The Morgan fingerprint density at radius 1 is 1.14 bits per heavy atom. The molecule has 0 saturated carbocycles. The number of hydrogen-bond acceptors (Lipinski definition) is 6. The van der Waals surface area contributed by atoms with Gasteiger partial charge in [-0.25, -0.2) is 4.98 Å². The largest absolute Gasteiger partial charge is 0.508 e. The zero-order chi connectivity index (χ0) is 20.3. The molecule has 8 nitrogen and oxygen atoms in total. The third-order valence-corrected chi connectivity index (χ3v) is 4.00. The van der Waals surface area contributed by atoms with Crippen LogP contribution in [0.25, 0.3) is 22.4 Å². The first kappa shape index (κ1) is 18.7. The highest BCUT2D eigenvalue weighted by Gasteiger charge is 2.14. The molecule has 5 N–H and O–H groups in total. The number of carbonyl (C=O) groups excluding carboxylic acids is 1. The Morgan fingerprint density at radius 3 is 2.43 bits per heavy atom. The van der Waals surface area contributed by atoms with Crippen LogP contribution in [0.3, 0.4) is 0 Å². The molecule has 0 aliphatic carbocycles. The van der Waals surface area contributed by atoms with Crippen molar-refractivity contribution in [1.29, 1.82) is 0 Å². The summed E-state index contributed by atoms with van der Waals surface area (Å²) in [6.07, 6.45) is 2.73. The summed E-state index contributed by atoms with van der Waals surface area (Å²) in [5.74, 6) is -0.586. The third kappa shape index (κ3) is 3.57. The second-order valence-electron chi connectivity index (χ2n) is 5.86. The summed E-state index contributed by atoms with van der Waals surface area (Å²) in [6.45, 7) is 6.85. The first-order valence-corrected chi connectivity index (χ1v) is 8.19. The Morgan fingerprint density at radius 2 is 1.82 bits per heavy atom. The number of nitrogens with one attached hydrogen (secondary N) is 2. The van der Waals surface area contributed by atoms with Crippen LogP contribution in [-0.4, -0.2) is 31.1 Å². The zero-order valence-corrected chi connectivity index (χ0v) is 14.8. The normalized spacial score (nSPS) is 11.2. The number of aromatic nitrogens is 2. The molecule has 8 heteroatoms. The molecule has 1 heterocycles. The third-order valence-electron chi connectivity index (χ3n) is 4.00. The first-order chi connectivity index (χ1) is 13.4. The lowest BCUT2D eigenvalue weighted by Crippen LogP contribution is -2.15. The van der Waals surface area contributed by atoms with Gasteiger partial charge in [-0.05, 0) is 48.5 Å². The minimum Gasteiger partial charge on any atom is -0.508 e. The maximum atomic E-state index is 12.2. The van der Waals surface area contributed by atoms with Crippen LogP contribution < -0.4 is 10.8 Å². The van der Waals surface area contributed by atoms with E-state index >= 15 is 0 Å². The molecule has 0 spiro atoms. The number of aliphatic hydroxyl groups excluding tert-OH is 1. The molecule has 0 radical (unpaired) electrons. The van der Waals surface area contributed by atoms with Crippen LogP contribution in [0.15, 0.2) is 79.1 Å². The van der Waals surface area contributed by atoms with Gasteiger partial charge >= 0.3 is 0 Å². The topological polar surface area (TPSA) is 120 Å². The summed E-state index contributed by atoms with van der Waals surface area (Å²) in [6, 6.07) is 11.5. The van der Waals surface area contributed by atoms with Crippen molar-refractivity contribution in [1.82, 2.24) is 9.71 Å². The fraction of sp³-hybridized carbons (Fsp3) is 0. The average Bonchev–Trinajstić information content (AvgIpc) is 3.02. The summed E-state index contributed by atoms with van der Waals surface area (Å²) < 4.78 is 0.921. The molecular weight excluding hydrogens is 360 g/mol. The van der Waals surface area contributed by atoms with Crippen molar-refractivity contribution in [3.05, 3.63) is 79.1 Å². The van der Waals surface area contributed by atoms with E-state index in [9.17, 15) is 15.1 Å². The molecule has 0 bridgehead atoms. The average molecular weight is 378 g/mol. The van der Waals surface area contributed by atoms with Gasteiger partial charge in [-0.15, -0.1) is 0 Å². The van der Waals surface area contributed by atoms with Crippen molar-refractivity contribution in [2.75, 3.05) is 10.8 Å².